The first-order valence-corrected chi connectivity index (χ1v) is 27.3. The number of ether oxygens (including phenoxy) is 3. The third-order valence-electron chi connectivity index (χ3n) is 15.7. The number of amides is 2. The van der Waals surface area contributed by atoms with E-state index in [-0.39, 0.29) is 23.4 Å². The minimum absolute atomic E-state index is 0.0546. The van der Waals surface area contributed by atoms with Crippen molar-refractivity contribution in [2.45, 2.75) is 76.4 Å². The zero-order valence-corrected chi connectivity index (χ0v) is 43.4. The van der Waals surface area contributed by atoms with Gasteiger partial charge in [0.05, 0.1) is 48.3 Å². The molecule has 15 heteroatoms. The number of piperazine rings is 2. The van der Waals surface area contributed by atoms with Gasteiger partial charge in [-0.05, 0) is 146 Å². The number of aliphatic imine (C=N–C) groups is 2. The molecule has 12 rings (SSSR count). The lowest BCUT2D eigenvalue weighted by Gasteiger charge is -2.35. The molecule has 0 radical (unpaired) electrons. The van der Waals surface area contributed by atoms with Gasteiger partial charge in [0.1, 0.15) is 5.94 Å². The Labute approximate surface area is 433 Å². The second-order valence-corrected chi connectivity index (χ2v) is 21.6. The Morgan fingerprint density at radius 2 is 1.32 bits per heavy atom. The number of hydroxylamine groups is 2. The predicted octanol–water partition coefficient (Wildman–Crippen LogP) is 9.94. The van der Waals surface area contributed by atoms with Crippen LogP contribution in [0.5, 0.6) is 23.0 Å². The number of nitrogens with zero attached hydrogens (tertiary/aromatic N) is 8. The van der Waals surface area contributed by atoms with Gasteiger partial charge < -0.3 is 28.8 Å². The average molecular weight is 1010 g/mol. The number of hydrogen-bond acceptors (Lipinski definition) is 13. The van der Waals surface area contributed by atoms with Gasteiger partial charge in [0.15, 0.2) is 23.0 Å². The van der Waals surface area contributed by atoms with Gasteiger partial charge in [-0.3, -0.25) is 29.4 Å². The first-order chi connectivity index (χ1) is 35.7. The van der Waals surface area contributed by atoms with Gasteiger partial charge in [-0.2, -0.15) is 0 Å². The molecule has 382 valence electrons. The smallest absolute Gasteiger partial charge is 0.256 e. The standard InChI is InChI=1S/C30H34N4O3S.C28H34N4O3/c1-30-9-6-10-34(30)29(35)25-15-23-17-27(36-2)28(18-24(23)16-26(25)31-20-30)37-21-38-33-13-11-32(12-14-33)19-22-7-4-3-5-8-22;1-34-26-16-21-14-24-25(29-18-23-8-5-9-32(23)28(24)33)15-22(21)17-27(26)35-31-12-10-30(11-13-31)19-20-6-3-2-4-7-20/h3-5,7-8,15-18,20H,6,9-14,19,21H2,1-2H3;6,14-18,23H,2-5,7-13,19H2,1H3. The second-order valence-electron chi connectivity index (χ2n) is 20.6. The monoisotopic (exact) mass is 1000 g/mol. The maximum Gasteiger partial charge on any atom is 0.256 e. The lowest BCUT2D eigenvalue weighted by atomic mass is 9.99. The minimum atomic E-state index is -0.307. The van der Waals surface area contributed by atoms with Crippen molar-refractivity contribution in [2.75, 3.05) is 92.2 Å². The molecule has 0 saturated carbocycles. The van der Waals surface area contributed by atoms with Crippen LogP contribution in [0.25, 0.3) is 21.5 Å². The van der Waals surface area contributed by atoms with Crippen LogP contribution in [0.3, 0.4) is 0 Å². The van der Waals surface area contributed by atoms with Crippen LogP contribution in [0.2, 0.25) is 0 Å². The highest BCUT2D eigenvalue weighted by atomic mass is 32.2. The molecule has 2 atom stereocenters. The normalized spacial score (nSPS) is 22.5. The van der Waals surface area contributed by atoms with Crippen LogP contribution in [-0.4, -0.2) is 157 Å². The van der Waals surface area contributed by atoms with Crippen LogP contribution >= 0.6 is 11.9 Å². The molecular formula is C58H68N8O6S. The predicted molar refractivity (Wildman–Crippen MR) is 292 cm³/mol. The van der Waals surface area contributed by atoms with Gasteiger partial charge in [-0.1, -0.05) is 42.0 Å². The molecule has 1 aliphatic carbocycles. The van der Waals surface area contributed by atoms with Crippen LogP contribution < -0.4 is 19.0 Å². The minimum Gasteiger partial charge on any atom is -0.493 e. The van der Waals surface area contributed by atoms with E-state index in [1.54, 1.807) is 31.7 Å². The number of hydrogen-bond donors (Lipinski definition) is 0. The molecule has 4 saturated heterocycles. The molecule has 6 aliphatic heterocycles. The first-order valence-electron chi connectivity index (χ1n) is 26.3. The van der Waals surface area contributed by atoms with Crippen LogP contribution in [0.1, 0.15) is 84.6 Å². The molecule has 7 aliphatic rings. The fourth-order valence-corrected chi connectivity index (χ4v) is 12.2. The first kappa shape index (κ1) is 49.3. The van der Waals surface area contributed by atoms with Crippen molar-refractivity contribution in [3.05, 3.63) is 107 Å². The molecule has 4 fully saturated rings. The summed E-state index contributed by atoms with van der Waals surface area (Å²) in [7, 11) is 3.32. The molecule has 5 aromatic rings. The van der Waals surface area contributed by atoms with Crippen LogP contribution in [0, 0.1) is 0 Å². The highest BCUT2D eigenvalue weighted by molar-refractivity contribution is 7.96. The largest absolute Gasteiger partial charge is 0.493 e. The molecule has 14 nitrogen and oxygen atoms in total. The Balaban J connectivity index is 0.000000158. The summed E-state index contributed by atoms with van der Waals surface area (Å²) >= 11 is 1.72. The number of methoxy groups -OCH3 is 2. The van der Waals surface area contributed by atoms with Gasteiger partial charge in [0, 0.05) is 91.0 Å². The second kappa shape index (κ2) is 21.9. The summed E-state index contributed by atoms with van der Waals surface area (Å²) in [6.07, 6.45) is 15.5. The van der Waals surface area contributed by atoms with Crippen molar-refractivity contribution in [1.82, 2.24) is 29.0 Å². The number of carbonyl (C=O) groups excluding carboxylic acids is 2. The number of rotatable bonds is 12. The summed E-state index contributed by atoms with van der Waals surface area (Å²) in [6.45, 7) is 13.6. The molecule has 2 amide bonds. The summed E-state index contributed by atoms with van der Waals surface area (Å²) in [5.41, 5.74) is 5.42. The number of benzene rings is 5. The summed E-state index contributed by atoms with van der Waals surface area (Å²) < 4.78 is 19.9. The number of allylic oxidation sites excluding steroid dienone is 1. The maximum absolute atomic E-state index is 13.4. The van der Waals surface area contributed by atoms with E-state index in [1.807, 2.05) is 75.8 Å². The average Bonchev–Trinajstić information content (AvgIpc) is 4.01. The SMILES string of the molecule is COc1cc2cc3c(cc2cc1OCSN1CCN(Cc2ccccc2)CC1)N=CC1(C)CCCN1C3=O.COc1cc2cc3c(cc2cc1ON1CCN(CC2=CCCCC2)CC1)N=CC1CCCN1C3=O. The molecule has 0 spiro atoms. The van der Waals surface area contributed by atoms with Gasteiger partial charge in [0.25, 0.3) is 11.8 Å². The fourth-order valence-electron chi connectivity index (χ4n) is 11.5. The van der Waals surface area contributed by atoms with Crippen LogP contribution in [0.4, 0.5) is 11.4 Å². The lowest BCUT2D eigenvalue weighted by Crippen LogP contribution is -2.48. The van der Waals surface area contributed by atoms with E-state index in [0.29, 0.717) is 40.1 Å². The van der Waals surface area contributed by atoms with Gasteiger partial charge >= 0.3 is 0 Å². The van der Waals surface area contributed by atoms with Crippen molar-refractivity contribution in [2.24, 2.45) is 9.98 Å². The molecule has 0 bridgehead atoms. The number of carbonyl (C=O) groups is 2. The summed E-state index contributed by atoms with van der Waals surface area (Å²) in [6, 6.07) is 26.6. The zero-order valence-electron chi connectivity index (χ0n) is 42.6. The van der Waals surface area contributed by atoms with Gasteiger partial charge in [-0.25, -0.2) is 4.31 Å². The van der Waals surface area contributed by atoms with Crippen molar-refractivity contribution < 1.29 is 28.6 Å². The molecule has 0 aromatic heterocycles. The summed E-state index contributed by atoms with van der Waals surface area (Å²) in [5.74, 6) is 3.38. The molecule has 0 N–H and O–H groups in total. The Bertz CT molecular complexity index is 2930. The van der Waals surface area contributed by atoms with Crippen molar-refractivity contribution in [3.8, 4) is 23.0 Å². The Hall–Kier alpha value is -5.97. The third-order valence-corrected chi connectivity index (χ3v) is 16.6. The van der Waals surface area contributed by atoms with E-state index in [9.17, 15) is 9.59 Å². The fraction of sp³-hybridized carbons (Fsp3) is 0.448. The molecule has 5 aromatic carbocycles. The van der Waals surface area contributed by atoms with Gasteiger partial charge in [-0.15, -0.1) is 5.06 Å². The molecule has 2 unspecified atom stereocenters. The topological polar surface area (TPSA) is 115 Å². The molecule has 6 heterocycles. The van der Waals surface area contributed by atoms with E-state index < -0.39 is 0 Å². The van der Waals surface area contributed by atoms with Crippen LogP contribution in [-0.2, 0) is 6.54 Å². The van der Waals surface area contributed by atoms with Crippen molar-refractivity contribution in [1.29, 1.82) is 0 Å². The van der Waals surface area contributed by atoms with E-state index in [2.05, 4.69) is 57.4 Å². The molecular weight excluding hydrogens is 937 g/mol. The van der Waals surface area contributed by atoms with E-state index >= 15 is 0 Å². The highest BCUT2D eigenvalue weighted by Gasteiger charge is 2.41. The highest BCUT2D eigenvalue weighted by Crippen LogP contribution is 2.41. The van der Waals surface area contributed by atoms with Crippen molar-refractivity contribution in [3.63, 3.8) is 0 Å². The van der Waals surface area contributed by atoms with E-state index in [1.165, 1.54) is 31.2 Å². The third kappa shape index (κ3) is 10.8. The van der Waals surface area contributed by atoms with Gasteiger partial charge in [0.2, 0.25) is 0 Å². The van der Waals surface area contributed by atoms with E-state index in [4.69, 9.17) is 29.0 Å². The Kier molecular flexibility index (Phi) is 14.7. The quantitative estimate of drug-likeness (QED) is 0.0676. The Morgan fingerprint density at radius 3 is 2.04 bits per heavy atom. The summed E-state index contributed by atoms with van der Waals surface area (Å²) in [4.78, 5) is 51.3. The van der Waals surface area contributed by atoms with E-state index in [0.717, 1.165) is 137 Å². The molecule has 73 heavy (non-hydrogen) atoms. The van der Waals surface area contributed by atoms with Crippen molar-refractivity contribution >= 4 is 69.1 Å². The summed E-state index contributed by atoms with van der Waals surface area (Å²) in [5, 5.41) is 5.92. The maximum atomic E-state index is 13.4. The lowest BCUT2D eigenvalue weighted by molar-refractivity contribution is -0.0885. The van der Waals surface area contributed by atoms with Crippen LogP contribution in [0.15, 0.2) is 100 Å². The number of fused-ring (bicyclic) bond motifs is 6. The zero-order chi connectivity index (χ0) is 49.9. The Morgan fingerprint density at radius 1 is 0.658 bits per heavy atom.